The zero-order chi connectivity index (χ0) is 24.9. The van der Waals surface area contributed by atoms with Crippen LogP contribution in [0.1, 0.15) is 54.7 Å². The Labute approximate surface area is 210 Å². The van der Waals surface area contributed by atoms with Gasteiger partial charge < -0.3 is 10.1 Å². The van der Waals surface area contributed by atoms with E-state index >= 15 is 0 Å². The summed E-state index contributed by atoms with van der Waals surface area (Å²) in [6.07, 6.45) is 14.4. The Morgan fingerprint density at radius 1 is 1.06 bits per heavy atom. The Balaban J connectivity index is 1.43. The highest BCUT2D eigenvalue weighted by atomic mass is 16.5. The molecule has 0 aromatic carbocycles. The average Bonchev–Trinajstić information content (AvgIpc) is 3.34. The number of aryl methyl sites for hydroxylation is 1. The number of aromatic nitrogens is 6. The molecule has 0 radical (unpaired) electrons. The number of anilines is 1. The molecule has 9 heteroatoms. The second-order valence-corrected chi connectivity index (χ2v) is 8.91. The van der Waals surface area contributed by atoms with Gasteiger partial charge in [-0.15, -0.1) is 0 Å². The van der Waals surface area contributed by atoms with E-state index in [0.29, 0.717) is 34.6 Å². The minimum absolute atomic E-state index is 0.233. The van der Waals surface area contributed by atoms with Gasteiger partial charge in [-0.05, 0) is 63.3 Å². The molecule has 1 aliphatic rings. The summed E-state index contributed by atoms with van der Waals surface area (Å²) in [5.74, 6) is -0.303. The Bertz CT molecular complexity index is 1320. The summed E-state index contributed by atoms with van der Waals surface area (Å²) in [7, 11) is 0. The molecular formula is C27H29N7O2. The van der Waals surface area contributed by atoms with Crippen LogP contribution in [0.25, 0.3) is 22.6 Å². The van der Waals surface area contributed by atoms with Crippen molar-refractivity contribution >= 4 is 11.6 Å². The molecule has 0 bridgehead atoms. The molecule has 1 fully saturated rings. The highest BCUT2D eigenvalue weighted by Crippen LogP contribution is 2.33. The van der Waals surface area contributed by atoms with E-state index in [2.05, 4.69) is 25.3 Å². The topological polar surface area (TPSA) is 108 Å². The lowest BCUT2D eigenvalue weighted by Crippen LogP contribution is -2.24. The Hall–Kier alpha value is -3.98. The van der Waals surface area contributed by atoms with Crippen LogP contribution < -0.4 is 5.32 Å². The third-order valence-corrected chi connectivity index (χ3v) is 6.48. The van der Waals surface area contributed by atoms with Crippen molar-refractivity contribution in [2.45, 2.75) is 51.7 Å². The van der Waals surface area contributed by atoms with Crippen molar-refractivity contribution in [2.75, 3.05) is 11.9 Å². The van der Waals surface area contributed by atoms with Gasteiger partial charge in [-0.2, -0.15) is 5.10 Å². The molecule has 5 rings (SSSR count). The summed E-state index contributed by atoms with van der Waals surface area (Å²) in [6, 6.07) is 7.79. The van der Waals surface area contributed by atoms with Crippen molar-refractivity contribution in [1.82, 2.24) is 29.7 Å². The fraction of sp³-hybridized carbons (Fsp3) is 0.333. The molecule has 184 valence electrons. The Morgan fingerprint density at radius 3 is 2.61 bits per heavy atom. The van der Waals surface area contributed by atoms with Gasteiger partial charge >= 0.3 is 0 Å². The third-order valence-electron chi connectivity index (χ3n) is 6.48. The van der Waals surface area contributed by atoms with E-state index in [4.69, 9.17) is 9.84 Å². The molecule has 0 unspecified atom stereocenters. The molecule has 36 heavy (non-hydrogen) atoms. The van der Waals surface area contributed by atoms with Crippen LogP contribution in [0.2, 0.25) is 0 Å². The first kappa shape index (κ1) is 23.7. The lowest BCUT2D eigenvalue weighted by molar-refractivity contribution is 0.0260. The lowest BCUT2D eigenvalue weighted by atomic mass is 9.93. The zero-order valence-electron chi connectivity index (χ0n) is 20.5. The minimum Gasteiger partial charge on any atom is -0.379 e. The van der Waals surface area contributed by atoms with Crippen molar-refractivity contribution < 1.29 is 9.53 Å². The van der Waals surface area contributed by atoms with Crippen molar-refractivity contribution in [3.63, 3.8) is 0 Å². The maximum absolute atomic E-state index is 13.4. The van der Waals surface area contributed by atoms with Gasteiger partial charge in [-0.1, -0.05) is 6.07 Å². The number of nitrogens with one attached hydrogen (secondary N) is 1. The summed E-state index contributed by atoms with van der Waals surface area (Å²) in [5, 5.41) is 7.88. The third kappa shape index (κ3) is 5.16. The SMILES string of the molecule is CCOC1CCC(n2cc(NC(=O)c3nc(-c4cccnc4)ccc3C)c(-c3cnccn3)n2)CC1. The molecule has 9 nitrogen and oxygen atoms in total. The number of carbonyl (C=O) groups excluding carboxylic acids is 1. The molecule has 0 atom stereocenters. The number of nitrogens with zero attached hydrogens (tertiary/aromatic N) is 6. The minimum atomic E-state index is -0.303. The van der Waals surface area contributed by atoms with Gasteiger partial charge in [-0.3, -0.25) is 24.4 Å². The maximum atomic E-state index is 13.4. The number of hydrogen-bond acceptors (Lipinski definition) is 7. The quantitative estimate of drug-likeness (QED) is 0.399. The smallest absolute Gasteiger partial charge is 0.274 e. The van der Waals surface area contributed by atoms with Crippen LogP contribution in [-0.4, -0.2) is 48.3 Å². The van der Waals surface area contributed by atoms with Crippen LogP contribution in [-0.2, 0) is 4.74 Å². The number of hydrogen-bond donors (Lipinski definition) is 1. The fourth-order valence-corrected chi connectivity index (χ4v) is 4.61. The predicted molar refractivity (Wildman–Crippen MR) is 136 cm³/mol. The molecule has 1 amide bonds. The van der Waals surface area contributed by atoms with Gasteiger partial charge in [0.2, 0.25) is 0 Å². The predicted octanol–water partition coefficient (Wildman–Crippen LogP) is 4.88. The van der Waals surface area contributed by atoms with E-state index in [1.165, 1.54) is 0 Å². The molecule has 1 N–H and O–H groups in total. The highest BCUT2D eigenvalue weighted by molar-refractivity contribution is 6.05. The monoisotopic (exact) mass is 483 g/mol. The summed E-state index contributed by atoms with van der Waals surface area (Å²) in [5.41, 5.74) is 4.44. The lowest BCUT2D eigenvalue weighted by Gasteiger charge is -2.28. The van der Waals surface area contributed by atoms with Crippen molar-refractivity contribution in [2.24, 2.45) is 0 Å². The molecule has 0 aliphatic heterocycles. The van der Waals surface area contributed by atoms with E-state index < -0.39 is 0 Å². The molecule has 0 saturated heterocycles. The van der Waals surface area contributed by atoms with Crippen LogP contribution >= 0.6 is 0 Å². The molecule has 4 aromatic heterocycles. The fourth-order valence-electron chi connectivity index (χ4n) is 4.61. The molecule has 0 spiro atoms. The number of ether oxygens (including phenoxy) is 1. The zero-order valence-corrected chi connectivity index (χ0v) is 20.5. The number of rotatable bonds is 7. The largest absolute Gasteiger partial charge is 0.379 e. The number of carbonyl (C=O) groups is 1. The Morgan fingerprint density at radius 2 is 1.89 bits per heavy atom. The average molecular weight is 484 g/mol. The van der Waals surface area contributed by atoms with Crippen molar-refractivity contribution in [3.8, 4) is 22.6 Å². The summed E-state index contributed by atoms with van der Waals surface area (Å²) >= 11 is 0. The van der Waals surface area contributed by atoms with Crippen LogP contribution in [0, 0.1) is 6.92 Å². The Kier molecular flexibility index (Phi) is 7.08. The molecule has 1 aliphatic carbocycles. The normalized spacial score (nSPS) is 17.6. The van der Waals surface area contributed by atoms with Crippen LogP contribution in [0.5, 0.6) is 0 Å². The van der Waals surface area contributed by atoms with Gasteiger partial charge in [0.15, 0.2) is 0 Å². The molecule has 4 heterocycles. The van der Waals surface area contributed by atoms with Gasteiger partial charge in [-0.25, -0.2) is 4.98 Å². The summed E-state index contributed by atoms with van der Waals surface area (Å²) < 4.78 is 7.76. The molecular weight excluding hydrogens is 454 g/mol. The van der Waals surface area contributed by atoms with Gasteiger partial charge in [0, 0.05) is 43.2 Å². The van der Waals surface area contributed by atoms with Gasteiger partial charge in [0.05, 0.1) is 29.7 Å². The van der Waals surface area contributed by atoms with Gasteiger partial charge in [0.1, 0.15) is 17.1 Å². The van der Waals surface area contributed by atoms with E-state index in [9.17, 15) is 4.79 Å². The van der Waals surface area contributed by atoms with Crippen LogP contribution in [0.15, 0.2) is 61.4 Å². The van der Waals surface area contributed by atoms with E-state index in [-0.39, 0.29) is 11.9 Å². The summed E-state index contributed by atoms with van der Waals surface area (Å²) in [4.78, 5) is 30.8. The first-order valence-corrected chi connectivity index (χ1v) is 12.3. The number of amides is 1. The standard InChI is InChI=1S/C27H29N7O2/c1-3-36-21-9-7-20(8-10-21)34-17-24(26(33-34)23-16-29-13-14-30-23)32-27(35)25-18(2)6-11-22(31-25)19-5-4-12-28-15-19/h4-6,11-17,20-21H,3,7-10H2,1-2H3,(H,32,35). The van der Waals surface area contributed by atoms with Crippen molar-refractivity contribution in [1.29, 1.82) is 0 Å². The first-order chi connectivity index (χ1) is 17.6. The van der Waals surface area contributed by atoms with Crippen LogP contribution in [0.3, 0.4) is 0 Å². The van der Waals surface area contributed by atoms with E-state index in [1.807, 2.05) is 49.0 Å². The second-order valence-electron chi connectivity index (χ2n) is 8.91. The van der Waals surface area contributed by atoms with E-state index in [1.54, 1.807) is 31.0 Å². The first-order valence-electron chi connectivity index (χ1n) is 12.3. The number of pyridine rings is 2. The molecule has 4 aromatic rings. The molecule has 1 saturated carbocycles. The van der Waals surface area contributed by atoms with E-state index in [0.717, 1.165) is 43.4 Å². The summed E-state index contributed by atoms with van der Waals surface area (Å²) in [6.45, 7) is 4.64. The highest BCUT2D eigenvalue weighted by Gasteiger charge is 2.26. The maximum Gasteiger partial charge on any atom is 0.274 e. The second kappa shape index (κ2) is 10.7. The van der Waals surface area contributed by atoms with Gasteiger partial charge in [0.25, 0.3) is 5.91 Å². The van der Waals surface area contributed by atoms with Crippen molar-refractivity contribution in [3.05, 3.63) is 72.7 Å². The van der Waals surface area contributed by atoms with Crippen LogP contribution in [0.4, 0.5) is 5.69 Å².